The molecule has 0 saturated carbocycles. The molecule has 0 heterocycles. The number of hydrogen-bond acceptors (Lipinski definition) is 3. The van der Waals surface area contributed by atoms with Crippen LogP contribution in [0, 0.1) is 6.92 Å². The van der Waals surface area contributed by atoms with Crippen molar-refractivity contribution < 1.29 is 13.5 Å². The number of benzene rings is 1. The number of nitrogens with zero attached hydrogens (tertiary/aromatic N) is 1. The minimum absolute atomic E-state index is 0.185. The van der Waals surface area contributed by atoms with Gasteiger partial charge in [0, 0.05) is 17.6 Å². The van der Waals surface area contributed by atoms with E-state index in [0.717, 1.165) is 11.1 Å². The van der Waals surface area contributed by atoms with Crippen LogP contribution in [0.15, 0.2) is 33.7 Å². The van der Waals surface area contributed by atoms with Crippen LogP contribution < -0.4 is 0 Å². The maximum Gasteiger partial charge on any atom is 0.244 e. The molecule has 4 nitrogen and oxygen atoms in total. The number of rotatable bonds is 6. The van der Waals surface area contributed by atoms with Gasteiger partial charge in [0.1, 0.15) is 0 Å². The van der Waals surface area contributed by atoms with Gasteiger partial charge in [-0.15, -0.1) is 0 Å². The average Bonchev–Trinajstić information content (AvgIpc) is 2.38. The van der Waals surface area contributed by atoms with Gasteiger partial charge >= 0.3 is 0 Å². The Balaban J connectivity index is 3.40. The second-order valence-corrected chi connectivity index (χ2v) is 7.47. The zero-order valence-corrected chi connectivity index (χ0v) is 14.4. The van der Waals surface area contributed by atoms with Gasteiger partial charge in [-0.3, -0.25) is 0 Å². The van der Waals surface area contributed by atoms with Gasteiger partial charge in [0.2, 0.25) is 10.0 Å². The average molecular weight is 362 g/mol. The van der Waals surface area contributed by atoms with Gasteiger partial charge in [0.25, 0.3) is 0 Å². The summed E-state index contributed by atoms with van der Waals surface area (Å²) in [6, 6.07) is 3.27. The highest BCUT2D eigenvalue weighted by Gasteiger charge is 2.26. The summed E-state index contributed by atoms with van der Waals surface area (Å²) in [6.45, 7) is 9.61. The van der Waals surface area contributed by atoms with Crippen LogP contribution >= 0.6 is 15.9 Å². The van der Waals surface area contributed by atoms with E-state index in [2.05, 4.69) is 22.5 Å². The standard InChI is InChI=1S/C14H20BrNO3S/c1-5-16(8-10(2)3)20(18,19)13-7-12(9-17)6-11(4)14(13)15/h6-7,17H,2,5,8-9H2,1,3-4H3. The lowest BCUT2D eigenvalue weighted by atomic mass is 10.1. The van der Waals surface area contributed by atoms with Crippen LogP contribution in [0.1, 0.15) is 25.0 Å². The Bertz CT molecular complexity index is 611. The highest BCUT2D eigenvalue weighted by molar-refractivity contribution is 9.10. The normalized spacial score (nSPS) is 11.9. The minimum atomic E-state index is -3.62. The third-order valence-electron chi connectivity index (χ3n) is 2.88. The molecule has 0 atom stereocenters. The molecule has 0 bridgehead atoms. The summed E-state index contributed by atoms with van der Waals surface area (Å²) in [4.78, 5) is 0.185. The molecule has 0 aliphatic carbocycles. The van der Waals surface area contributed by atoms with Gasteiger partial charge in [0.05, 0.1) is 11.5 Å². The zero-order valence-electron chi connectivity index (χ0n) is 12.0. The Morgan fingerprint density at radius 2 is 2.05 bits per heavy atom. The summed E-state index contributed by atoms with van der Waals surface area (Å²) < 4.78 is 27.3. The van der Waals surface area contributed by atoms with E-state index in [0.29, 0.717) is 16.6 Å². The van der Waals surface area contributed by atoms with Crippen molar-refractivity contribution in [3.8, 4) is 0 Å². The van der Waals surface area contributed by atoms with Crippen LogP contribution in [0.3, 0.4) is 0 Å². The Kier molecular flexibility index (Phi) is 5.94. The fraction of sp³-hybridized carbons (Fsp3) is 0.429. The monoisotopic (exact) mass is 361 g/mol. The van der Waals surface area contributed by atoms with Crippen LogP contribution in [0.25, 0.3) is 0 Å². The van der Waals surface area contributed by atoms with Gasteiger partial charge in [-0.1, -0.05) is 25.1 Å². The minimum Gasteiger partial charge on any atom is -0.392 e. The van der Waals surface area contributed by atoms with Crippen LogP contribution in [0.5, 0.6) is 0 Å². The van der Waals surface area contributed by atoms with E-state index >= 15 is 0 Å². The first-order chi connectivity index (χ1) is 9.23. The maximum atomic E-state index is 12.7. The lowest BCUT2D eigenvalue weighted by Crippen LogP contribution is -2.32. The maximum absolute atomic E-state index is 12.7. The Morgan fingerprint density at radius 3 is 2.50 bits per heavy atom. The van der Waals surface area contributed by atoms with Gasteiger partial charge in [0.15, 0.2) is 0 Å². The first-order valence-corrected chi connectivity index (χ1v) is 8.51. The van der Waals surface area contributed by atoms with Crippen LogP contribution in [0.2, 0.25) is 0 Å². The second-order valence-electron chi connectivity index (χ2n) is 4.77. The van der Waals surface area contributed by atoms with Crippen molar-refractivity contribution in [1.82, 2.24) is 4.31 Å². The van der Waals surface area contributed by atoms with Crippen LogP contribution in [0.4, 0.5) is 0 Å². The van der Waals surface area contributed by atoms with Crippen molar-refractivity contribution >= 4 is 26.0 Å². The van der Waals surface area contributed by atoms with E-state index in [1.807, 2.05) is 0 Å². The van der Waals surface area contributed by atoms with Crippen molar-refractivity contribution in [2.24, 2.45) is 0 Å². The lowest BCUT2D eigenvalue weighted by Gasteiger charge is -2.22. The molecular formula is C14H20BrNO3S. The summed E-state index contributed by atoms with van der Waals surface area (Å²) in [5.74, 6) is 0. The molecule has 0 aliphatic rings. The summed E-state index contributed by atoms with van der Waals surface area (Å²) in [7, 11) is -3.62. The molecule has 6 heteroatoms. The first-order valence-electron chi connectivity index (χ1n) is 6.28. The third kappa shape index (κ3) is 3.69. The fourth-order valence-electron chi connectivity index (χ4n) is 1.90. The van der Waals surface area contributed by atoms with E-state index in [9.17, 15) is 13.5 Å². The number of aliphatic hydroxyl groups is 1. The molecule has 0 radical (unpaired) electrons. The molecule has 1 N–H and O–H groups in total. The van der Waals surface area contributed by atoms with Gasteiger partial charge in [-0.05, 0) is 47.0 Å². The van der Waals surface area contributed by atoms with E-state index in [4.69, 9.17) is 0 Å². The number of likely N-dealkylation sites (N-methyl/N-ethyl adjacent to an activating group) is 1. The molecule has 0 aromatic heterocycles. The predicted molar refractivity (Wildman–Crippen MR) is 84.0 cm³/mol. The van der Waals surface area contributed by atoms with Crippen molar-refractivity contribution in [3.63, 3.8) is 0 Å². The molecule has 1 rings (SSSR count). The molecule has 112 valence electrons. The second kappa shape index (κ2) is 6.85. The molecule has 1 aromatic carbocycles. The molecule has 0 spiro atoms. The summed E-state index contributed by atoms with van der Waals surface area (Å²) in [5.41, 5.74) is 2.14. The number of halogens is 1. The molecule has 0 fully saturated rings. The van der Waals surface area contributed by atoms with Crippen LogP contribution in [-0.4, -0.2) is 30.9 Å². The Morgan fingerprint density at radius 1 is 1.45 bits per heavy atom. The van der Waals surface area contributed by atoms with E-state index in [1.165, 1.54) is 10.4 Å². The van der Waals surface area contributed by atoms with Gasteiger partial charge in [-0.2, -0.15) is 4.31 Å². The third-order valence-corrected chi connectivity index (χ3v) is 6.14. The lowest BCUT2D eigenvalue weighted by molar-refractivity contribution is 0.281. The predicted octanol–water partition coefficient (Wildman–Crippen LogP) is 2.84. The largest absolute Gasteiger partial charge is 0.392 e. The molecule has 0 unspecified atom stereocenters. The van der Waals surface area contributed by atoms with Crippen molar-refractivity contribution in [3.05, 3.63) is 39.9 Å². The molecule has 0 saturated heterocycles. The van der Waals surface area contributed by atoms with Crippen LogP contribution in [-0.2, 0) is 16.6 Å². The first kappa shape index (κ1) is 17.4. The fourth-order valence-corrected chi connectivity index (χ4v) is 4.43. The Labute approximate surface area is 129 Å². The van der Waals surface area contributed by atoms with Crippen molar-refractivity contribution in [2.45, 2.75) is 32.3 Å². The van der Waals surface area contributed by atoms with E-state index < -0.39 is 10.0 Å². The highest BCUT2D eigenvalue weighted by atomic mass is 79.9. The SMILES string of the molecule is C=C(C)CN(CC)S(=O)(=O)c1cc(CO)cc(C)c1Br. The van der Waals surface area contributed by atoms with Crippen molar-refractivity contribution in [2.75, 3.05) is 13.1 Å². The molecule has 1 aromatic rings. The molecular weight excluding hydrogens is 342 g/mol. The summed E-state index contributed by atoms with van der Waals surface area (Å²) in [5, 5.41) is 9.25. The zero-order chi connectivity index (χ0) is 15.5. The number of hydrogen-bond donors (Lipinski definition) is 1. The molecule has 0 aliphatic heterocycles. The van der Waals surface area contributed by atoms with E-state index in [1.54, 1.807) is 26.8 Å². The van der Waals surface area contributed by atoms with Crippen molar-refractivity contribution in [1.29, 1.82) is 0 Å². The Hall–Kier alpha value is -0.690. The number of sulfonamides is 1. The quantitative estimate of drug-likeness (QED) is 0.792. The van der Waals surface area contributed by atoms with Gasteiger partial charge in [-0.25, -0.2) is 8.42 Å². The molecule has 20 heavy (non-hydrogen) atoms. The molecule has 0 amide bonds. The highest BCUT2D eigenvalue weighted by Crippen LogP contribution is 2.30. The summed E-state index contributed by atoms with van der Waals surface area (Å²) in [6.07, 6.45) is 0. The van der Waals surface area contributed by atoms with Gasteiger partial charge < -0.3 is 5.11 Å². The number of aliphatic hydroxyl groups excluding tert-OH is 1. The number of aryl methyl sites for hydroxylation is 1. The van der Waals surface area contributed by atoms with E-state index in [-0.39, 0.29) is 18.0 Å². The summed E-state index contributed by atoms with van der Waals surface area (Å²) >= 11 is 3.33. The smallest absolute Gasteiger partial charge is 0.244 e. The topological polar surface area (TPSA) is 57.6 Å².